The van der Waals surface area contributed by atoms with Crippen molar-refractivity contribution >= 4 is 17.6 Å². The molecule has 2 amide bonds. The molecular formula is C18H22N4O3. The van der Waals surface area contributed by atoms with Crippen LogP contribution < -0.4 is 10.2 Å². The first-order chi connectivity index (χ1) is 12.0. The number of nitrogens with zero attached hydrogens (tertiary/aromatic N) is 3. The summed E-state index contributed by atoms with van der Waals surface area (Å²) in [6, 6.07) is 10.4. The van der Waals surface area contributed by atoms with E-state index in [9.17, 15) is 14.7 Å². The number of amides is 2. The molecule has 1 aromatic heterocycles. The summed E-state index contributed by atoms with van der Waals surface area (Å²) in [5, 5.41) is 17.1. The molecule has 0 aliphatic carbocycles. The number of carbonyl (C=O) groups is 2. The number of benzene rings is 1. The van der Waals surface area contributed by atoms with Gasteiger partial charge in [0, 0.05) is 32.3 Å². The number of carbonyl (C=O) groups excluding carboxylic acids is 2. The average molecular weight is 342 g/mol. The molecule has 3 rings (SSSR count). The monoisotopic (exact) mass is 342 g/mol. The Kier molecular flexibility index (Phi) is 5.14. The first-order valence-corrected chi connectivity index (χ1v) is 8.38. The van der Waals surface area contributed by atoms with Crippen LogP contribution in [0.4, 0.5) is 5.82 Å². The molecule has 1 aromatic carbocycles. The van der Waals surface area contributed by atoms with Gasteiger partial charge in [-0.25, -0.2) is 0 Å². The lowest BCUT2D eigenvalue weighted by Crippen LogP contribution is -2.54. The zero-order valence-electron chi connectivity index (χ0n) is 14.1. The Morgan fingerprint density at radius 2 is 2.12 bits per heavy atom. The van der Waals surface area contributed by atoms with E-state index < -0.39 is 18.1 Å². The van der Waals surface area contributed by atoms with Gasteiger partial charge in [-0.2, -0.15) is 5.10 Å². The largest absolute Gasteiger partial charge is 0.383 e. The number of hydrogen-bond donors (Lipinski definition) is 2. The van der Waals surface area contributed by atoms with Crippen molar-refractivity contribution < 1.29 is 14.7 Å². The Morgan fingerprint density at radius 3 is 2.80 bits per heavy atom. The summed E-state index contributed by atoms with van der Waals surface area (Å²) in [7, 11) is 1.79. The van der Waals surface area contributed by atoms with E-state index in [4.69, 9.17) is 0 Å². The van der Waals surface area contributed by atoms with Crippen molar-refractivity contribution in [3.63, 3.8) is 0 Å². The fourth-order valence-electron chi connectivity index (χ4n) is 2.98. The molecule has 0 spiro atoms. The fourth-order valence-corrected chi connectivity index (χ4v) is 2.98. The number of aliphatic hydroxyl groups excluding tert-OH is 1. The van der Waals surface area contributed by atoms with Gasteiger partial charge in [-0.05, 0) is 18.4 Å². The van der Waals surface area contributed by atoms with Gasteiger partial charge >= 0.3 is 0 Å². The minimum absolute atomic E-state index is 0.190. The van der Waals surface area contributed by atoms with E-state index in [-0.39, 0.29) is 12.3 Å². The summed E-state index contributed by atoms with van der Waals surface area (Å²) >= 11 is 0. The Hall–Kier alpha value is -2.67. The summed E-state index contributed by atoms with van der Waals surface area (Å²) in [6.45, 7) is 0.578. The highest BCUT2D eigenvalue weighted by Gasteiger charge is 2.33. The smallest absolute Gasteiger partial charge is 0.250 e. The van der Waals surface area contributed by atoms with Crippen molar-refractivity contribution in [2.75, 3.05) is 11.4 Å². The van der Waals surface area contributed by atoms with Crippen LogP contribution >= 0.6 is 0 Å². The van der Waals surface area contributed by atoms with Gasteiger partial charge in [-0.3, -0.25) is 19.2 Å². The third-order valence-electron chi connectivity index (χ3n) is 4.31. The maximum absolute atomic E-state index is 12.6. The summed E-state index contributed by atoms with van der Waals surface area (Å²) < 4.78 is 1.63. The van der Waals surface area contributed by atoms with Crippen LogP contribution in [0.25, 0.3) is 0 Å². The zero-order chi connectivity index (χ0) is 17.8. The van der Waals surface area contributed by atoms with Crippen LogP contribution in [-0.2, 0) is 23.1 Å². The maximum atomic E-state index is 12.6. The lowest BCUT2D eigenvalue weighted by molar-refractivity contribution is -0.133. The van der Waals surface area contributed by atoms with E-state index in [1.165, 1.54) is 0 Å². The number of rotatable bonds is 5. The Morgan fingerprint density at radius 1 is 1.36 bits per heavy atom. The van der Waals surface area contributed by atoms with Crippen LogP contribution in [-0.4, -0.2) is 45.4 Å². The van der Waals surface area contributed by atoms with E-state index in [1.807, 2.05) is 30.3 Å². The molecule has 25 heavy (non-hydrogen) atoms. The first kappa shape index (κ1) is 17.2. The molecule has 132 valence electrons. The van der Waals surface area contributed by atoms with Gasteiger partial charge in [0.15, 0.2) is 5.82 Å². The minimum Gasteiger partial charge on any atom is -0.383 e. The zero-order valence-corrected chi connectivity index (χ0v) is 14.1. The molecule has 1 aliphatic rings. The summed E-state index contributed by atoms with van der Waals surface area (Å²) in [5.74, 6) is -0.133. The molecule has 7 heteroatoms. The predicted octanol–water partition coefficient (Wildman–Crippen LogP) is 0.635. The van der Waals surface area contributed by atoms with E-state index >= 15 is 0 Å². The summed E-state index contributed by atoms with van der Waals surface area (Å²) in [6.07, 6.45) is 2.14. The van der Waals surface area contributed by atoms with Gasteiger partial charge in [0.25, 0.3) is 5.91 Å². The second-order valence-corrected chi connectivity index (χ2v) is 6.25. The van der Waals surface area contributed by atoms with Gasteiger partial charge in [0.2, 0.25) is 5.91 Å². The van der Waals surface area contributed by atoms with Gasteiger partial charge in [-0.1, -0.05) is 30.3 Å². The Labute approximate surface area is 146 Å². The number of nitrogens with one attached hydrogen (secondary N) is 1. The van der Waals surface area contributed by atoms with Crippen LogP contribution in [0.1, 0.15) is 18.4 Å². The number of aryl methyl sites for hydroxylation is 1. The number of piperidine rings is 1. The topological polar surface area (TPSA) is 87.5 Å². The number of aliphatic hydroxyl groups is 1. The molecule has 2 N–H and O–H groups in total. The Balaban J connectivity index is 1.61. The molecular weight excluding hydrogens is 320 g/mol. The molecule has 1 fully saturated rings. The second kappa shape index (κ2) is 7.48. The van der Waals surface area contributed by atoms with Gasteiger partial charge in [-0.15, -0.1) is 0 Å². The van der Waals surface area contributed by atoms with E-state index in [1.54, 1.807) is 28.9 Å². The van der Waals surface area contributed by atoms with Crippen molar-refractivity contribution in [2.24, 2.45) is 7.05 Å². The molecule has 2 atom stereocenters. The van der Waals surface area contributed by atoms with Crippen LogP contribution in [0.2, 0.25) is 0 Å². The molecule has 1 aliphatic heterocycles. The number of anilines is 1. The summed E-state index contributed by atoms with van der Waals surface area (Å²) in [4.78, 5) is 26.5. The SMILES string of the molecule is Cn1ccc(N2CCCC(NC(=O)[C@@H](O)Cc3ccccc3)C2=O)n1. The van der Waals surface area contributed by atoms with Crippen molar-refractivity contribution in [1.82, 2.24) is 15.1 Å². The van der Waals surface area contributed by atoms with Gasteiger partial charge in [0.1, 0.15) is 12.1 Å². The van der Waals surface area contributed by atoms with Gasteiger partial charge in [0.05, 0.1) is 0 Å². The van der Waals surface area contributed by atoms with Crippen LogP contribution in [0, 0.1) is 0 Å². The molecule has 0 bridgehead atoms. The van der Waals surface area contributed by atoms with Crippen LogP contribution in [0.5, 0.6) is 0 Å². The minimum atomic E-state index is -1.18. The van der Waals surface area contributed by atoms with E-state index in [0.29, 0.717) is 18.8 Å². The highest BCUT2D eigenvalue weighted by Crippen LogP contribution is 2.19. The molecule has 7 nitrogen and oxygen atoms in total. The molecule has 1 saturated heterocycles. The third kappa shape index (κ3) is 4.06. The van der Waals surface area contributed by atoms with Crippen molar-refractivity contribution in [1.29, 1.82) is 0 Å². The number of hydrogen-bond acceptors (Lipinski definition) is 4. The van der Waals surface area contributed by atoms with Crippen LogP contribution in [0.3, 0.4) is 0 Å². The average Bonchev–Trinajstić information content (AvgIpc) is 3.03. The predicted molar refractivity (Wildman–Crippen MR) is 92.9 cm³/mol. The summed E-state index contributed by atoms with van der Waals surface area (Å²) in [5.41, 5.74) is 0.871. The third-order valence-corrected chi connectivity index (χ3v) is 4.31. The maximum Gasteiger partial charge on any atom is 0.250 e. The lowest BCUT2D eigenvalue weighted by atomic mass is 10.0. The normalized spacial score (nSPS) is 18.9. The lowest BCUT2D eigenvalue weighted by Gasteiger charge is -2.31. The standard InChI is InChI=1S/C18H22N4O3/c1-21-11-9-16(20-21)22-10-5-8-14(18(22)25)19-17(24)15(23)12-13-6-3-2-4-7-13/h2-4,6-7,9,11,14-15,23H,5,8,10,12H2,1H3,(H,19,24)/t14?,15-/m0/s1. The molecule has 0 radical (unpaired) electrons. The molecule has 1 unspecified atom stereocenters. The Bertz CT molecular complexity index is 744. The highest BCUT2D eigenvalue weighted by atomic mass is 16.3. The number of aromatic nitrogens is 2. The quantitative estimate of drug-likeness (QED) is 0.835. The van der Waals surface area contributed by atoms with Crippen molar-refractivity contribution in [2.45, 2.75) is 31.4 Å². The molecule has 2 aromatic rings. The first-order valence-electron chi connectivity index (χ1n) is 8.38. The van der Waals surface area contributed by atoms with Crippen LogP contribution in [0.15, 0.2) is 42.6 Å². The van der Waals surface area contributed by atoms with Crippen molar-refractivity contribution in [3.8, 4) is 0 Å². The molecule has 2 heterocycles. The van der Waals surface area contributed by atoms with Gasteiger partial charge < -0.3 is 10.4 Å². The second-order valence-electron chi connectivity index (χ2n) is 6.25. The fraction of sp³-hybridized carbons (Fsp3) is 0.389. The van der Waals surface area contributed by atoms with E-state index in [2.05, 4.69) is 10.4 Å². The molecule has 0 saturated carbocycles. The van der Waals surface area contributed by atoms with Crippen molar-refractivity contribution in [3.05, 3.63) is 48.2 Å². The highest BCUT2D eigenvalue weighted by molar-refractivity contribution is 5.99. The van der Waals surface area contributed by atoms with E-state index in [0.717, 1.165) is 12.0 Å².